The monoisotopic (exact) mass is 466 g/mol. The van der Waals surface area contributed by atoms with Crippen LogP contribution in [0.5, 0.6) is 0 Å². The summed E-state index contributed by atoms with van der Waals surface area (Å²) in [6.07, 6.45) is -1.76. The molecule has 0 aromatic heterocycles. The zero-order valence-electron chi connectivity index (χ0n) is 19.6. The van der Waals surface area contributed by atoms with Crippen LogP contribution in [0.4, 0.5) is 9.59 Å². The first-order chi connectivity index (χ1) is 16.1. The third-order valence-electron chi connectivity index (χ3n) is 6.21. The van der Waals surface area contributed by atoms with Crippen LogP contribution in [0.25, 0.3) is 11.1 Å². The van der Waals surface area contributed by atoms with E-state index in [0.29, 0.717) is 0 Å². The Bertz CT molecular complexity index is 1050. The second-order valence-electron chi connectivity index (χ2n) is 9.72. The van der Waals surface area contributed by atoms with Crippen LogP contribution in [0.2, 0.25) is 0 Å². The molecule has 0 spiro atoms. The van der Waals surface area contributed by atoms with E-state index in [1.807, 2.05) is 36.4 Å². The van der Waals surface area contributed by atoms with Crippen LogP contribution in [-0.4, -0.2) is 53.1 Å². The second-order valence-corrected chi connectivity index (χ2v) is 9.72. The van der Waals surface area contributed by atoms with E-state index in [0.717, 1.165) is 22.3 Å². The van der Waals surface area contributed by atoms with Crippen molar-refractivity contribution in [3.63, 3.8) is 0 Å². The van der Waals surface area contributed by atoms with E-state index in [1.165, 1.54) is 4.90 Å². The molecule has 2 aromatic rings. The number of ether oxygens (including phenoxy) is 2. The van der Waals surface area contributed by atoms with Crippen molar-refractivity contribution in [2.45, 2.75) is 51.3 Å². The van der Waals surface area contributed by atoms with Gasteiger partial charge in [0.2, 0.25) is 0 Å². The molecule has 0 radical (unpaired) electrons. The summed E-state index contributed by atoms with van der Waals surface area (Å²) in [5.41, 5.74) is 3.72. The highest BCUT2D eigenvalue weighted by Gasteiger charge is 2.38. The Morgan fingerprint density at radius 2 is 1.62 bits per heavy atom. The molecule has 0 saturated carbocycles. The molecule has 1 heterocycles. The SMILES string of the molecule is CC(C)(C)OC(=O)N1CC[C@H](C(=O)O)C[C@H]1NC(=O)OCC1c2ccccc2-c2ccccc21. The highest BCUT2D eigenvalue weighted by atomic mass is 16.6. The number of carbonyl (C=O) groups excluding carboxylic acids is 2. The summed E-state index contributed by atoms with van der Waals surface area (Å²) in [6, 6.07) is 16.1. The van der Waals surface area contributed by atoms with Gasteiger partial charge in [0.05, 0.1) is 5.92 Å². The number of fused-ring (bicyclic) bond motifs is 3. The van der Waals surface area contributed by atoms with Crippen LogP contribution in [0, 0.1) is 5.92 Å². The molecular formula is C26H30N2O6. The van der Waals surface area contributed by atoms with E-state index in [2.05, 4.69) is 17.4 Å². The van der Waals surface area contributed by atoms with E-state index < -0.39 is 35.8 Å². The number of benzene rings is 2. The number of hydrogen-bond donors (Lipinski definition) is 2. The number of carbonyl (C=O) groups is 3. The molecule has 1 aliphatic heterocycles. The van der Waals surface area contributed by atoms with Crippen LogP contribution in [0.1, 0.15) is 50.7 Å². The Morgan fingerprint density at radius 1 is 1.03 bits per heavy atom. The van der Waals surface area contributed by atoms with Crippen molar-refractivity contribution >= 4 is 18.2 Å². The van der Waals surface area contributed by atoms with Crippen LogP contribution < -0.4 is 5.32 Å². The first kappa shape index (κ1) is 23.6. The summed E-state index contributed by atoms with van der Waals surface area (Å²) < 4.78 is 11.0. The molecule has 1 fully saturated rings. The van der Waals surface area contributed by atoms with E-state index in [1.54, 1.807) is 20.8 Å². The molecule has 2 atom stereocenters. The summed E-state index contributed by atoms with van der Waals surface area (Å²) >= 11 is 0. The lowest BCUT2D eigenvalue weighted by Crippen LogP contribution is -2.56. The van der Waals surface area contributed by atoms with Gasteiger partial charge in [-0.25, -0.2) is 9.59 Å². The number of hydrogen-bond acceptors (Lipinski definition) is 5. The average molecular weight is 467 g/mol. The van der Waals surface area contributed by atoms with E-state index in [4.69, 9.17) is 9.47 Å². The number of amides is 2. The fraction of sp³-hybridized carbons (Fsp3) is 0.423. The molecule has 1 aliphatic carbocycles. The van der Waals surface area contributed by atoms with Crippen molar-refractivity contribution in [1.29, 1.82) is 0 Å². The predicted molar refractivity (Wildman–Crippen MR) is 125 cm³/mol. The first-order valence-corrected chi connectivity index (χ1v) is 11.5. The van der Waals surface area contributed by atoms with Gasteiger partial charge in [0.1, 0.15) is 18.4 Å². The number of likely N-dealkylation sites (tertiary alicyclic amines) is 1. The van der Waals surface area contributed by atoms with Crippen LogP contribution in [-0.2, 0) is 14.3 Å². The molecule has 1 saturated heterocycles. The van der Waals surface area contributed by atoms with Gasteiger partial charge in [-0.15, -0.1) is 0 Å². The second kappa shape index (κ2) is 9.37. The smallest absolute Gasteiger partial charge is 0.411 e. The number of carboxylic acids is 1. The highest BCUT2D eigenvalue weighted by molar-refractivity contribution is 5.79. The molecule has 0 unspecified atom stereocenters. The van der Waals surface area contributed by atoms with Crippen LogP contribution in [0.15, 0.2) is 48.5 Å². The number of rotatable bonds is 4. The molecule has 2 N–H and O–H groups in total. The summed E-state index contributed by atoms with van der Waals surface area (Å²) in [7, 11) is 0. The standard InChI is InChI=1S/C26H30N2O6/c1-26(2,3)34-25(32)28-13-12-16(23(29)30)14-22(28)27-24(31)33-15-21-19-10-6-4-8-17(19)18-9-5-7-11-20(18)21/h4-11,16,21-22H,12-15H2,1-3H3,(H,27,31)(H,29,30)/t16-,22-/m0/s1. The minimum Gasteiger partial charge on any atom is -0.481 e. The van der Waals surface area contributed by atoms with Gasteiger partial charge in [0.25, 0.3) is 0 Å². The summed E-state index contributed by atoms with van der Waals surface area (Å²) in [5.74, 6) is -1.72. The molecule has 180 valence electrons. The van der Waals surface area contributed by atoms with Gasteiger partial charge in [-0.1, -0.05) is 48.5 Å². The van der Waals surface area contributed by atoms with Gasteiger partial charge >= 0.3 is 18.2 Å². The molecule has 2 aromatic carbocycles. The fourth-order valence-electron chi connectivity index (χ4n) is 4.64. The van der Waals surface area contributed by atoms with Crippen molar-refractivity contribution in [2.24, 2.45) is 5.92 Å². The van der Waals surface area contributed by atoms with Gasteiger partial charge in [-0.05, 0) is 55.9 Å². The minimum absolute atomic E-state index is 0.0821. The zero-order valence-corrected chi connectivity index (χ0v) is 19.6. The van der Waals surface area contributed by atoms with Crippen molar-refractivity contribution in [3.8, 4) is 11.1 Å². The number of nitrogens with zero attached hydrogens (tertiary/aromatic N) is 1. The van der Waals surface area contributed by atoms with E-state index in [9.17, 15) is 19.5 Å². The third kappa shape index (κ3) is 5.00. The third-order valence-corrected chi connectivity index (χ3v) is 6.21. The summed E-state index contributed by atoms with van der Waals surface area (Å²) in [4.78, 5) is 38.4. The van der Waals surface area contributed by atoms with Gasteiger partial charge in [-0.3, -0.25) is 9.69 Å². The first-order valence-electron chi connectivity index (χ1n) is 11.5. The van der Waals surface area contributed by atoms with Crippen molar-refractivity contribution in [2.75, 3.05) is 13.2 Å². The maximum absolute atomic E-state index is 12.8. The lowest BCUT2D eigenvalue weighted by atomic mass is 9.95. The minimum atomic E-state index is -0.955. The van der Waals surface area contributed by atoms with Gasteiger partial charge in [0.15, 0.2) is 0 Å². The highest BCUT2D eigenvalue weighted by Crippen LogP contribution is 2.44. The summed E-state index contributed by atoms with van der Waals surface area (Å²) in [5, 5.41) is 12.1. The molecule has 34 heavy (non-hydrogen) atoms. The Hall–Kier alpha value is -3.55. The molecular weight excluding hydrogens is 436 g/mol. The normalized spacial score (nSPS) is 19.7. The van der Waals surface area contributed by atoms with Crippen molar-refractivity contribution in [1.82, 2.24) is 10.2 Å². The van der Waals surface area contributed by atoms with Crippen molar-refractivity contribution < 1.29 is 29.0 Å². The quantitative estimate of drug-likeness (QED) is 0.683. The molecule has 2 amide bonds. The van der Waals surface area contributed by atoms with E-state index in [-0.39, 0.29) is 31.9 Å². The van der Waals surface area contributed by atoms with Crippen LogP contribution in [0.3, 0.4) is 0 Å². The topological polar surface area (TPSA) is 105 Å². The Balaban J connectivity index is 1.45. The molecule has 8 heteroatoms. The van der Waals surface area contributed by atoms with Gasteiger partial charge < -0.3 is 19.9 Å². The zero-order chi connectivity index (χ0) is 24.5. The number of piperidine rings is 1. The molecule has 4 rings (SSSR count). The Labute approximate surface area is 198 Å². The predicted octanol–water partition coefficient (Wildman–Crippen LogP) is 4.58. The van der Waals surface area contributed by atoms with Gasteiger partial charge in [-0.2, -0.15) is 0 Å². The maximum atomic E-state index is 12.8. The van der Waals surface area contributed by atoms with Crippen LogP contribution >= 0.6 is 0 Å². The van der Waals surface area contributed by atoms with Gasteiger partial charge in [0, 0.05) is 12.5 Å². The number of carboxylic acid groups (broad SMARTS) is 1. The number of alkyl carbamates (subject to hydrolysis) is 1. The summed E-state index contributed by atoms with van der Waals surface area (Å²) in [6.45, 7) is 5.55. The number of nitrogens with one attached hydrogen (secondary N) is 1. The molecule has 8 nitrogen and oxygen atoms in total. The largest absolute Gasteiger partial charge is 0.481 e. The van der Waals surface area contributed by atoms with E-state index >= 15 is 0 Å². The lowest BCUT2D eigenvalue weighted by molar-refractivity contribution is -0.144. The molecule has 0 bridgehead atoms. The maximum Gasteiger partial charge on any atom is 0.411 e. The lowest BCUT2D eigenvalue weighted by Gasteiger charge is -2.38. The fourth-order valence-corrected chi connectivity index (χ4v) is 4.64. The van der Waals surface area contributed by atoms with Crippen molar-refractivity contribution in [3.05, 3.63) is 59.7 Å². The number of aliphatic carboxylic acids is 1. The Kier molecular flexibility index (Phi) is 6.50. The average Bonchev–Trinajstić information content (AvgIpc) is 3.10. The Morgan fingerprint density at radius 3 is 2.18 bits per heavy atom. The molecule has 2 aliphatic rings.